The number of benzene rings is 3. The van der Waals surface area contributed by atoms with Gasteiger partial charge in [0.05, 0.1) is 0 Å². The summed E-state index contributed by atoms with van der Waals surface area (Å²) in [5.41, 5.74) is 2.93. The van der Waals surface area contributed by atoms with E-state index in [1.165, 1.54) is 6.92 Å². The number of carbonyl (C=O) groups is 2. The van der Waals surface area contributed by atoms with Crippen molar-refractivity contribution in [2.45, 2.75) is 32.5 Å². The second kappa shape index (κ2) is 10.6. The molecule has 3 aromatic carbocycles. The van der Waals surface area contributed by atoms with E-state index in [1.54, 1.807) is 17.0 Å². The SMILES string of the molecule is CC(=O)N(Cc1ccc(Cl)cc1)[C@H](Cc1ccccc1)C(=O)NCc1ccccc1. The Labute approximate surface area is 182 Å². The van der Waals surface area contributed by atoms with Crippen molar-refractivity contribution in [2.75, 3.05) is 0 Å². The molecule has 4 nitrogen and oxygen atoms in total. The van der Waals surface area contributed by atoms with Crippen LogP contribution < -0.4 is 5.32 Å². The monoisotopic (exact) mass is 420 g/mol. The van der Waals surface area contributed by atoms with E-state index in [9.17, 15) is 9.59 Å². The Morgan fingerprint density at radius 1 is 0.833 bits per heavy atom. The number of hydrogen-bond acceptors (Lipinski definition) is 2. The Morgan fingerprint density at radius 3 is 1.97 bits per heavy atom. The molecule has 2 amide bonds. The fourth-order valence-corrected chi connectivity index (χ4v) is 3.44. The molecule has 154 valence electrons. The summed E-state index contributed by atoms with van der Waals surface area (Å²) in [4.78, 5) is 27.4. The fourth-order valence-electron chi connectivity index (χ4n) is 3.31. The standard InChI is InChI=1S/C25H25ClN2O2/c1-19(29)28(18-22-12-14-23(26)15-13-22)24(16-20-8-4-2-5-9-20)25(30)27-17-21-10-6-3-7-11-21/h2-15,24H,16-18H2,1H3,(H,27,30)/t24-/m1/s1. The Bertz CT molecular complexity index is 959. The zero-order valence-corrected chi connectivity index (χ0v) is 17.7. The Kier molecular flexibility index (Phi) is 7.63. The quantitative estimate of drug-likeness (QED) is 0.578. The minimum atomic E-state index is -0.621. The number of halogens is 1. The molecule has 3 aromatic rings. The molecule has 0 aliphatic carbocycles. The molecule has 0 aromatic heterocycles. The lowest BCUT2D eigenvalue weighted by Gasteiger charge is -2.30. The van der Waals surface area contributed by atoms with Gasteiger partial charge in [0.15, 0.2) is 0 Å². The molecular formula is C25H25ClN2O2. The summed E-state index contributed by atoms with van der Waals surface area (Å²) in [5, 5.41) is 3.63. The summed E-state index contributed by atoms with van der Waals surface area (Å²) < 4.78 is 0. The van der Waals surface area contributed by atoms with Crippen molar-refractivity contribution in [3.63, 3.8) is 0 Å². The normalized spacial score (nSPS) is 11.5. The molecule has 0 saturated heterocycles. The van der Waals surface area contributed by atoms with Gasteiger partial charge in [-0.05, 0) is 28.8 Å². The highest BCUT2D eigenvalue weighted by molar-refractivity contribution is 6.30. The molecular weight excluding hydrogens is 396 g/mol. The number of nitrogens with zero attached hydrogens (tertiary/aromatic N) is 1. The lowest BCUT2D eigenvalue weighted by atomic mass is 10.0. The summed E-state index contributed by atoms with van der Waals surface area (Å²) in [6.07, 6.45) is 0.439. The maximum atomic E-state index is 13.2. The van der Waals surface area contributed by atoms with E-state index in [0.29, 0.717) is 24.5 Å². The minimum Gasteiger partial charge on any atom is -0.350 e. The second-order valence-electron chi connectivity index (χ2n) is 7.18. The van der Waals surface area contributed by atoms with Crippen molar-refractivity contribution >= 4 is 23.4 Å². The molecule has 0 saturated carbocycles. The summed E-state index contributed by atoms with van der Waals surface area (Å²) in [5.74, 6) is -0.326. The molecule has 3 rings (SSSR count). The van der Waals surface area contributed by atoms with Crippen LogP contribution >= 0.6 is 11.6 Å². The van der Waals surface area contributed by atoms with Gasteiger partial charge in [-0.15, -0.1) is 0 Å². The van der Waals surface area contributed by atoms with Crippen molar-refractivity contribution in [1.82, 2.24) is 10.2 Å². The predicted octanol–water partition coefficient (Wildman–Crippen LogP) is 4.62. The summed E-state index contributed by atoms with van der Waals surface area (Å²) in [6, 6.07) is 26.2. The van der Waals surface area contributed by atoms with Gasteiger partial charge in [0.1, 0.15) is 6.04 Å². The first-order chi connectivity index (χ1) is 14.5. The molecule has 0 radical (unpaired) electrons. The topological polar surface area (TPSA) is 49.4 Å². The average Bonchev–Trinajstić information content (AvgIpc) is 2.77. The lowest BCUT2D eigenvalue weighted by molar-refractivity contribution is -0.139. The van der Waals surface area contributed by atoms with Crippen molar-refractivity contribution in [1.29, 1.82) is 0 Å². The highest BCUT2D eigenvalue weighted by Gasteiger charge is 2.28. The van der Waals surface area contributed by atoms with Crippen LogP contribution in [0.25, 0.3) is 0 Å². The minimum absolute atomic E-state index is 0.152. The van der Waals surface area contributed by atoms with Crippen LogP contribution in [0.4, 0.5) is 0 Å². The van der Waals surface area contributed by atoms with Crippen LogP contribution in [-0.4, -0.2) is 22.8 Å². The van der Waals surface area contributed by atoms with E-state index in [-0.39, 0.29) is 11.8 Å². The first kappa shape index (κ1) is 21.6. The highest BCUT2D eigenvalue weighted by atomic mass is 35.5. The molecule has 0 spiro atoms. The molecule has 5 heteroatoms. The molecule has 0 aliphatic rings. The third-order valence-corrected chi connectivity index (χ3v) is 5.18. The van der Waals surface area contributed by atoms with Gasteiger partial charge >= 0.3 is 0 Å². The lowest BCUT2D eigenvalue weighted by Crippen LogP contribution is -2.49. The van der Waals surface area contributed by atoms with E-state index in [4.69, 9.17) is 11.6 Å². The summed E-state index contributed by atoms with van der Waals surface area (Å²) in [7, 11) is 0. The Morgan fingerprint density at radius 2 is 1.40 bits per heavy atom. The van der Waals surface area contributed by atoms with E-state index in [1.807, 2.05) is 72.8 Å². The van der Waals surface area contributed by atoms with E-state index in [0.717, 1.165) is 16.7 Å². The third-order valence-electron chi connectivity index (χ3n) is 4.93. The van der Waals surface area contributed by atoms with Crippen LogP contribution in [0.1, 0.15) is 23.6 Å². The number of amides is 2. The molecule has 0 aliphatic heterocycles. The zero-order valence-electron chi connectivity index (χ0n) is 16.9. The molecule has 0 fully saturated rings. The molecule has 0 bridgehead atoms. The fraction of sp³-hybridized carbons (Fsp3) is 0.200. The summed E-state index contributed by atoms with van der Waals surface area (Å²) >= 11 is 5.99. The molecule has 1 N–H and O–H groups in total. The van der Waals surface area contributed by atoms with Gasteiger partial charge in [-0.1, -0.05) is 84.4 Å². The van der Waals surface area contributed by atoms with Crippen molar-refractivity contribution in [2.24, 2.45) is 0 Å². The Hall–Kier alpha value is -3.11. The van der Waals surface area contributed by atoms with Crippen LogP contribution in [0.3, 0.4) is 0 Å². The average molecular weight is 421 g/mol. The number of hydrogen-bond donors (Lipinski definition) is 1. The van der Waals surface area contributed by atoms with E-state index >= 15 is 0 Å². The number of carbonyl (C=O) groups excluding carboxylic acids is 2. The van der Waals surface area contributed by atoms with Crippen LogP contribution in [-0.2, 0) is 29.1 Å². The van der Waals surface area contributed by atoms with Gasteiger partial charge in [0.2, 0.25) is 11.8 Å². The number of nitrogens with one attached hydrogen (secondary N) is 1. The van der Waals surface area contributed by atoms with Gasteiger partial charge < -0.3 is 10.2 Å². The van der Waals surface area contributed by atoms with Gasteiger partial charge in [0.25, 0.3) is 0 Å². The molecule has 0 heterocycles. The first-order valence-corrected chi connectivity index (χ1v) is 10.3. The highest BCUT2D eigenvalue weighted by Crippen LogP contribution is 2.16. The van der Waals surface area contributed by atoms with Crippen molar-refractivity contribution in [3.8, 4) is 0 Å². The Balaban J connectivity index is 1.82. The predicted molar refractivity (Wildman–Crippen MR) is 120 cm³/mol. The molecule has 30 heavy (non-hydrogen) atoms. The van der Waals surface area contributed by atoms with Gasteiger partial charge in [-0.3, -0.25) is 9.59 Å². The molecule has 1 atom stereocenters. The van der Waals surface area contributed by atoms with Crippen molar-refractivity contribution < 1.29 is 9.59 Å². The van der Waals surface area contributed by atoms with Crippen LogP contribution in [0.5, 0.6) is 0 Å². The smallest absolute Gasteiger partial charge is 0.243 e. The number of rotatable bonds is 8. The van der Waals surface area contributed by atoms with Gasteiger partial charge in [-0.2, -0.15) is 0 Å². The van der Waals surface area contributed by atoms with Gasteiger partial charge in [-0.25, -0.2) is 0 Å². The van der Waals surface area contributed by atoms with Gasteiger partial charge in [0, 0.05) is 31.5 Å². The third kappa shape index (κ3) is 6.19. The summed E-state index contributed by atoms with van der Waals surface area (Å²) in [6.45, 7) is 2.25. The first-order valence-electron chi connectivity index (χ1n) is 9.90. The van der Waals surface area contributed by atoms with E-state index in [2.05, 4.69) is 5.32 Å². The largest absolute Gasteiger partial charge is 0.350 e. The van der Waals surface area contributed by atoms with Crippen molar-refractivity contribution in [3.05, 3.63) is 107 Å². The van der Waals surface area contributed by atoms with Crippen LogP contribution in [0, 0.1) is 0 Å². The van der Waals surface area contributed by atoms with Crippen LogP contribution in [0.15, 0.2) is 84.9 Å². The second-order valence-corrected chi connectivity index (χ2v) is 7.62. The maximum absolute atomic E-state index is 13.2. The molecule has 0 unspecified atom stereocenters. The maximum Gasteiger partial charge on any atom is 0.243 e. The zero-order chi connectivity index (χ0) is 21.3. The van der Waals surface area contributed by atoms with E-state index < -0.39 is 6.04 Å². The van der Waals surface area contributed by atoms with Crippen LogP contribution in [0.2, 0.25) is 5.02 Å².